The first-order chi connectivity index (χ1) is 15.7. The van der Waals surface area contributed by atoms with Crippen molar-refractivity contribution in [3.63, 3.8) is 0 Å². The fourth-order valence-electron chi connectivity index (χ4n) is 3.01. The van der Waals surface area contributed by atoms with Crippen molar-refractivity contribution in [3.8, 4) is 5.75 Å². The largest absolute Gasteiger partial charge is 0.494 e. The molecule has 0 saturated carbocycles. The van der Waals surface area contributed by atoms with Gasteiger partial charge in [-0.15, -0.1) is 0 Å². The lowest BCUT2D eigenvalue weighted by atomic mass is 10.1. The van der Waals surface area contributed by atoms with Gasteiger partial charge in [-0.3, -0.25) is 15.0 Å². The van der Waals surface area contributed by atoms with Crippen molar-refractivity contribution in [1.82, 2.24) is 4.90 Å². The summed E-state index contributed by atoms with van der Waals surface area (Å²) in [4.78, 5) is 27.6. The Morgan fingerprint density at radius 1 is 0.848 bits per heavy atom. The molecule has 0 radical (unpaired) electrons. The van der Waals surface area contributed by atoms with Crippen LogP contribution in [0.2, 0.25) is 10.0 Å². The van der Waals surface area contributed by atoms with Crippen LogP contribution in [0.1, 0.15) is 26.3 Å². The molecule has 0 aliphatic carbocycles. The number of nitrogens with zero attached hydrogens (tertiary/aromatic N) is 1. The molecular formula is C24H22Cl2N4O3. The van der Waals surface area contributed by atoms with Gasteiger partial charge < -0.3 is 20.3 Å². The molecule has 3 N–H and O–H groups in total. The van der Waals surface area contributed by atoms with Crippen LogP contribution in [0.25, 0.3) is 0 Å². The highest BCUT2D eigenvalue weighted by atomic mass is 35.5. The molecule has 3 aromatic rings. The monoisotopic (exact) mass is 484 g/mol. The SMILES string of the molecule is COc1cc(Cl)cc(C(=O)Nc2ccc(Cl)cc2)c1NC(=O)c1ccc(C(=N)N(C)C)cc1. The number of hydrogen-bond donors (Lipinski definition) is 3. The second kappa shape index (κ2) is 10.4. The Hall–Kier alpha value is -3.55. The second-order valence-corrected chi connectivity index (χ2v) is 8.14. The van der Waals surface area contributed by atoms with Crippen LogP contribution in [0, 0.1) is 5.41 Å². The van der Waals surface area contributed by atoms with E-state index in [1.807, 2.05) is 0 Å². The molecule has 0 atom stereocenters. The van der Waals surface area contributed by atoms with E-state index in [1.165, 1.54) is 19.2 Å². The number of anilines is 2. The van der Waals surface area contributed by atoms with Crippen LogP contribution in [-0.4, -0.2) is 43.8 Å². The summed E-state index contributed by atoms with van der Waals surface area (Å²) in [6, 6.07) is 16.2. The Labute approximate surface area is 201 Å². The highest BCUT2D eigenvalue weighted by Crippen LogP contribution is 2.33. The maximum atomic E-state index is 13.0. The Morgan fingerprint density at radius 2 is 1.45 bits per heavy atom. The number of hydrogen-bond acceptors (Lipinski definition) is 4. The van der Waals surface area contributed by atoms with E-state index in [0.29, 0.717) is 27.7 Å². The van der Waals surface area contributed by atoms with E-state index < -0.39 is 11.8 Å². The minimum absolute atomic E-state index is 0.133. The van der Waals surface area contributed by atoms with Gasteiger partial charge in [0.15, 0.2) is 0 Å². The van der Waals surface area contributed by atoms with Crippen molar-refractivity contribution < 1.29 is 14.3 Å². The summed E-state index contributed by atoms with van der Waals surface area (Å²) in [7, 11) is 4.96. The summed E-state index contributed by atoms with van der Waals surface area (Å²) < 4.78 is 5.37. The highest BCUT2D eigenvalue weighted by Gasteiger charge is 2.20. The van der Waals surface area contributed by atoms with Crippen molar-refractivity contribution in [2.75, 3.05) is 31.8 Å². The lowest BCUT2D eigenvalue weighted by Crippen LogP contribution is -2.22. The number of carbonyl (C=O) groups is 2. The fraction of sp³-hybridized carbons (Fsp3) is 0.125. The fourth-order valence-corrected chi connectivity index (χ4v) is 3.34. The van der Waals surface area contributed by atoms with Crippen LogP contribution in [0.15, 0.2) is 60.7 Å². The van der Waals surface area contributed by atoms with Gasteiger partial charge in [-0.1, -0.05) is 35.3 Å². The van der Waals surface area contributed by atoms with Gasteiger partial charge in [0.05, 0.1) is 18.4 Å². The lowest BCUT2D eigenvalue weighted by Gasteiger charge is -2.16. The summed E-state index contributed by atoms with van der Waals surface area (Å²) in [5, 5.41) is 14.4. The smallest absolute Gasteiger partial charge is 0.257 e. The predicted molar refractivity (Wildman–Crippen MR) is 132 cm³/mol. The number of ether oxygens (including phenoxy) is 1. The number of halogens is 2. The molecule has 0 aliphatic heterocycles. The van der Waals surface area contributed by atoms with Gasteiger partial charge in [0.2, 0.25) is 0 Å². The van der Waals surface area contributed by atoms with E-state index in [4.69, 9.17) is 33.3 Å². The third-order valence-corrected chi connectivity index (χ3v) is 5.21. The zero-order chi connectivity index (χ0) is 24.1. The average Bonchev–Trinajstić information content (AvgIpc) is 2.80. The van der Waals surface area contributed by atoms with Crippen molar-refractivity contribution in [3.05, 3.63) is 87.4 Å². The second-order valence-electron chi connectivity index (χ2n) is 7.27. The van der Waals surface area contributed by atoms with Gasteiger partial charge in [0, 0.05) is 47.0 Å². The van der Waals surface area contributed by atoms with Gasteiger partial charge in [0.25, 0.3) is 11.8 Å². The van der Waals surface area contributed by atoms with Gasteiger partial charge >= 0.3 is 0 Å². The van der Waals surface area contributed by atoms with E-state index in [0.717, 1.165) is 0 Å². The van der Waals surface area contributed by atoms with Crippen LogP contribution in [0.4, 0.5) is 11.4 Å². The predicted octanol–water partition coefficient (Wildman–Crippen LogP) is 5.39. The molecule has 9 heteroatoms. The summed E-state index contributed by atoms with van der Waals surface area (Å²) in [6.07, 6.45) is 0. The summed E-state index contributed by atoms with van der Waals surface area (Å²) in [5.41, 5.74) is 1.87. The van der Waals surface area contributed by atoms with E-state index in [9.17, 15) is 9.59 Å². The number of benzene rings is 3. The van der Waals surface area contributed by atoms with Crippen LogP contribution in [-0.2, 0) is 0 Å². The molecule has 0 unspecified atom stereocenters. The Balaban J connectivity index is 1.90. The standard InChI is InChI=1S/C24H22Cl2N4O3/c1-30(2)22(27)14-4-6-15(7-5-14)23(31)29-21-19(12-17(26)13-20(21)33-3)24(32)28-18-10-8-16(25)9-11-18/h4-13,27H,1-3H3,(H,28,32)(H,29,31). The zero-order valence-corrected chi connectivity index (χ0v) is 19.7. The van der Waals surface area contributed by atoms with Crippen LogP contribution >= 0.6 is 23.2 Å². The number of amides is 2. The number of methoxy groups -OCH3 is 1. The molecule has 0 saturated heterocycles. The third-order valence-electron chi connectivity index (χ3n) is 4.74. The summed E-state index contributed by atoms with van der Waals surface area (Å²) in [6.45, 7) is 0. The van der Waals surface area contributed by atoms with E-state index in [1.54, 1.807) is 67.5 Å². The molecule has 3 aromatic carbocycles. The molecule has 2 amide bonds. The van der Waals surface area contributed by atoms with Gasteiger partial charge in [-0.2, -0.15) is 0 Å². The molecule has 0 spiro atoms. The van der Waals surface area contributed by atoms with Crippen LogP contribution in [0.3, 0.4) is 0 Å². The van der Waals surface area contributed by atoms with Crippen molar-refractivity contribution in [2.24, 2.45) is 0 Å². The number of rotatable bonds is 6. The third kappa shape index (κ3) is 5.83. The average molecular weight is 485 g/mol. The van der Waals surface area contributed by atoms with Crippen LogP contribution in [0.5, 0.6) is 5.75 Å². The Kier molecular flexibility index (Phi) is 7.58. The Bertz CT molecular complexity index is 1190. The topological polar surface area (TPSA) is 94.5 Å². The number of amidine groups is 1. The van der Waals surface area contributed by atoms with Crippen molar-refractivity contribution in [2.45, 2.75) is 0 Å². The van der Waals surface area contributed by atoms with Crippen molar-refractivity contribution >= 4 is 52.2 Å². The molecule has 0 fully saturated rings. The first kappa shape index (κ1) is 24.1. The van der Waals surface area contributed by atoms with Gasteiger partial charge in [0.1, 0.15) is 11.6 Å². The van der Waals surface area contributed by atoms with Crippen molar-refractivity contribution in [1.29, 1.82) is 5.41 Å². The molecule has 3 rings (SSSR count). The minimum Gasteiger partial charge on any atom is -0.494 e. The van der Waals surface area contributed by atoms with Gasteiger partial charge in [-0.25, -0.2) is 0 Å². The Morgan fingerprint density at radius 3 is 2.03 bits per heavy atom. The van der Waals surface area contributed by atoms with E-state index in [2.05, 4.69) is 10.6 Å². The molecular weight excluding hydrogens is 463 g/mol. The quantitative estimate of drug-likeness (QED) is 0.322. The molecule has 0 aromatic heterocycles. The first-order valence-electron chi connectivity index (χ1n) is 9.81. The molecule has 0 aliphatic rings. The molecule has 0 heterocycles. The molecule has 7 nitrogen and oxygen atoms in total. The first-order valence-corrected chi connectivity index (χ1v) is 10.6. The maximum absolute atomic E-state index is 13.0. The zero-order valence-electron chi connectivity index (χ0n) is 18.2. The molecule has 0 bridgehead atoms. The number of carbonyl (C=O) groups excluding carboxylic acids is 2. The maximum Gasteiger partial charge on any atom is 0.257 e. The highest BCUT2D eigenvalue weighted by molar-refractivity contribution is 6.32. The van der Waals surface area contributed by atoms with Gasteiger partial charge in [-0.05, 0) is 42.5 Å². The van der Waals surface area contributed by atoms with E-state index >= 15 is 0 Å². The normalized spacial score (nSPS) is 10.3. The summed E-state index contributed by atoms with van der Waals surface area (Å²) in [5.74, 6) is -0.368. The molecule has 33 heavy (non-hydrogen) atoms. The van der Waals surface area contributed by atoms with Crippen LogP contribution < -0.4 is 15.4 Å². The summed E-state index contributed by atoms with van der Waals surface area (Å²) >= 11 is 12.1. The lowest BCUT2D eigenvalue weighted by molar-refractivity contribution is 0.102. The molecule has 170 valence electrons. The number of nitrogens with one attached hydrogen (secondary N) is 3. The minimum atomic E-state index is -0.483. The van der Waals surface area contributed by atoms with E-state index in [-0.39, 0.29) is 22.0 Å².